The third-order valence-corrected chi connectivity index (χ3v) is 3.60. The van der Waals surface area contributed by atoms with E-state index < -0.39 is 0 Å². The van der Waals surface area contributed by atoms with Crippen LogP contribution in [0.1, 0.15) is 38.5 Å². The van der Waals surface area contributed by atoms with Crippen molar-refractivity contribution in [1.82, 2.24) is 0 Å². The molecule has 1 aliphatic carbocycles. The summed E-state index contributed by atoms with van der Waals surface area (Å²) in [6, 6.07) is 0. The maximum Gasteiger partial charge on any atom is 0.0632 e. The van der Waals surface area contributed by atoms with E-state index in [4.69, 9.17) is 10.5 Å². The zero-order valence-electron chi connectivity index (χ0n) is 7.72. The summed E-state index contributed by atoms with van der Waals surface area (Å²) in [6.45, 7) is 1.82. The number of ether oxygens (including phenoxy) is 1. The van der Waals surface area contributed by atoms with E-state index in [1.54, 1.807) is 0 Å². The minimum absolute atomic E-state index is 0.505. The molecule has 2 rings (SSSR count). The van der Waals surface area contributed by atoms with Crippen LogP contribution in [0.2, 0.25) is 0 Å². The molecular formula is C10H19NO. The van der Waals surface area contributed by atoms with E-state index >= 15 is 0 Å². The van der Waals surface area contributed by atoms with E-state index in [2.05, 4.69) is 0 Å². The molecule has 2 heteroatoms. The summed E-state index contributed by atoms with van der Waals surface area (Å²) in [7, 11) is 0. The molecule has 1 atom stereocenters. The highest BCUT2D eigenvalue weighted by molar-refractivity contribution is 4.95. The van der Waals surface area contributed by atoms with Gasteiger partial charge in [-0.1, -0.05) is 6.42 Å². The van der Waals surface area contributed by atoms with Gasteiger partial charge in [-0.2, -0.15) is 0 Å². The second kappa shape index (κ2) is 3.35. The number of hydrogen-bond acceptors (Lipinski definition) is 2. The summed E-state index contributed by atoms with van der Waals surface area (Å²) in [5.41, 5.74) is 6.14. The first-order valence-corrected chi connectivity index (χ1v) is 5.19. The molecule has 0 amide bonds. The maximum absolute atomic E-state index is 5.76. The molecule has 0 radical (unpaired) electrons. The van der Waals surface area contributed by atoms with E-state index in [0.717, 1.165) is 13.2 Å². The lowest BCUT2D eigenvalue weighted by molar-refractivity contribution is -0.0541. The van der Waals surface area contributed by atoms with Crippen molar-refractivity contribution in [3.63, 3.8) is 0 Å². The molecule has 0 bridgehead atoms. The highest BCUT2D eigenvalue weighted by atomic mass is 16.5. The fourth-order valence-corrected chi connectivity index (χ4v) is 2.71. The summed E-state index contributed by atoms with van der Waals surface area (Å²) in [4.78, 5) is 0. The smallest absolute Gasteiger partial charge is 0.0632 e. The Kier molecular flexibility index (Phi) is 2.37. The van der Waals surface area contributed by atoms with E-state index in [-0.39, 0.29) is 0 Å². The van der Waals surface area contributed by atoms with Crippen molar-refractivity contribution in [3.05, 3.63) is 0 Å². The van der Waals surface area contributed by atoms with Gasteiger partial charge in [0, 0.05) is 6.61 Å². The average molecular weight is 169 g/mol. The molecule has 2 nitrogen and oxygen atoms in total. The molecule has 0 aromatic carbocycles. The Hall–Kier alpha value is -0.0800. The van der Waals surface area contributed by atoms with Crippen molar-refractivity contribution in [3.8, 4) is 0 Å². The molecule has 12 heavy (non-hydrogen) atoms. The molecule has 0 aromatic rings. The maximum atomic E-state index is 5.76. The van der Waals surface area contributed by atoms with E-state index in [1.807, 2.05) is 0 Å². The van der Waals surface area contributed by atoms with Crippen LogP contribution >= 0.6 is 0 Å². The molecule has 0 spiro atoms. The van der Waals surface area contributed by atoms with Gasteiger partial charge >= 0.3 is 0 Å². The van der Waals surface area contributed by atoms with Crippen LogP contribution < -0.4 is 5.73 Å². The van der Waals surface area contributed by atoms with Gasteiger partial charge in [0.05, 0.1) is 6.10 Å². The normalized spacial score (nSPS) is 33.2. The SMILES string of the molecule is NCCC1(C2CCCO2)CCC1. The van der Waals surface area contributed by atoms with Crippen molar-refractivity contribution in [2.75, 3.05) is 13.2 Å². The average Bonchev–Trinajstić information content (AvgIpc) is 2.48. The summed E-state index contributed by atoms with van der Waals surface area (Å²) in [6.07, 6.45) is 8.37. The van der Waals surface area contributed by atoms with Crippen LogP contribution in [-0.4, -0.2) is 19.3 Å². The Labute approximate surface area is 74.5 Å². The molecule has 1 aliphatic heterocycles. The fourth-order valence-electron chi connectivity index (χ4n) is 2.71. The first-order valence-electron chi connectivity index (χ1n) is 5.19. The van der Waals surface area contributed by atoms with Crippen molar-refractivity contribution in [2.45, 2.75) is 44.6 Å². The van der Waals surface area contributed by atoms with Gasteiger partial charge in [0.2, 0.25) is 0 Å². The standard InChI is InChI=1S/C10H19NO/c11-7-6-10(4-2-5-10)9-3-1-8-12-9/h9H,1-8,11H2. The number of nitrogens with two attached hydrogens (primary N) is 1. The predicted molar refractivity (Wildman–Crippen MR) is 48.9 cm³/mol. The Bertz CT molecular complexity index is 148. The van der Waals surface area contributed by atoms with Crippen LogP contribution in [-0.2, 0) is 4.74 Å². The highest BCUT2D eigenvalue weighted by Gasteiger charge is 2.44. The third kappa shape index (κ3) is 1.27. The lowest BCUT2D eigenvalue weighted by Crippen LogP contribution is -2.42. The molecular weight excluding hydrogens is 150 g/mol. The number of rotatable bonds is 3. The van der Waals surface area contributed by atoms with Gasteiger partial charge in [-0.05, 0) is 44.1 Å². The molecule has 1 unspecified atom stereocenters. The van der Waals surface area contributed by atoms with Gasteiger partial charge in [0.25, 0.3) is 0 Å². The van der Waals surface area contributed by atoms with Crippen LogP contribution in [0.15, 0.2) is 0 Å². The van der Waals surface area contributed by atoms with E-state index in [9.17, 15) is 0 Å². The monoisotopic (exact) mass is 169 g/mol. The first-order chi connectivity index (χ1) is 5.87. The van der Waals surface area contributed by atoms with Crippen LogP contribution in [0, 0.1) is 5.41 Å². The highest BCUT2D eigenvalue weighted by Crippen LogP contribution is 2.50. The quantitative estimate of drug-likeness (QED) is 0.697. The van der Waals surface area contributed by atoms with E-state index in [1.165, 1.54) is 38.5 Å². The Balaban J connectivity index is 1.95. The zero-order chi connectivity index (χ0) is 8.44. The lowest BCUT2D eigenvalue weighted by atomic mass is 9.62. The third-order valence-electron chi connectivity index (χ3n) is 3.60. The number of hydrogen-bond donors (Lipinski definition) is 1. The van der Waals surface area contributed by atoms with Crippen molar-refractivity contribution >= 4 is 0 Å². The largest absolute Gasteiger partial charge is 0.378 e. The van der Waals surface area contributed by atoms with Gasteiger partial charge in [0.1, 0.15) is 0 Å². The Morgan fingerprint density at radius 2 is 2.17 bits per heavy atom. The molecule has 70 valence electrons. The van der Waals surface area contributed by atoms with Crippen molar-refractivity contribution < 1.29 is 4.74 Å². The summed E-state index contributed by atoms with van der Waals surface area (Å²) < 4.78 is 5.76. The molecule has 0 aromatic heterocycles. The molecule has 1 heterocycles. The van der Waals surface area contributed by atoms with Crippen molar-refractivity contribution in [1.29, 1.82) is 0 Å². The van der Waals surface area contributed by atoms with E-state index in [0.29, 0.717) is 11.5 Å². The summed E-state index contributed by atoms with van der Waals surface area (Å²) in [5.74, 6) is 0. The second-order valence-corrected chi connectivity index (χ2v) is 4.26. The van der Waals surface area contributed by atoms with Crippen LogP contribution in [0.3, 0.4) is 0 Å². The van der Waals surface area contributed by atoms with Crippen LogP contribution in [0.4, 0.5) is 0 Å². The zero-order valence-corrected chi connectivity index (χ0v) is 7.72. The summed E-state index contributed by atoms with van der Waals surface area (Å²) in [5, 5.41) is 0. The minimum atomic E-state index is 0.505. The predicted octanol–water partition coefficient (Wildman–Crippen LogP) is 1.68. The molecule has 2 N–H and O–H groups in total. The van der Waals surface area contributed by atoms with Gasteiger partial charge in [0.15, 0.2) is 0 Å². The van der Waals surface area contributed by atoms with Crippen LogP contribution in [0.5, 0.6) is 0 Å². The van der Waals surface area contributed by atoms with Gasteiger partial charge in [-0.3, -0.25) is 0 Å². The van der Waals surface area contributed by atoms with Gasteiger partial charge in [-0.25, -0.2) is 0 Å². The van der Waals surface area contributed by atoms with Gasteiger partial charge < -0.3 is 10.5 Å². The first kappa shape index (κ1) is 8.52. The van der Waals surface area contributed by atoms with Crippen LogP contribution in [0.25, 0.3) is 0 Å². The Morgan fingerprint density at radius 1 is 1.33 bits per heavy atom. The Morgan fingerprint density at radius 3 is 2.58 bits per heavy atom. The topological polar surface area (TPSA) is 35.2 Å². The molecule has 1 saturated carbocycles. The molecule has 2 fully saturated rings. The lowest BCUT2D eigenvalue weighted by Gasteiger charge is -2.46. The second-order valence-electron chi connectivity index (χ2n) is 4.26. The van der Waals surface area contributed by atoms with Crippen molar-refractivity contribution in [2.24, 2.45) is 11.1 Å². The fraction of sp³-hybridized carbons (Fsp3) is 1.00. The molecule has 1 saturated heterocycles. The van der Waals surface area contributed by atoms with Gasteiger partial charge in [-0.15, -0.1) is 0 Å². The molecule has 2 aliphatic rings. The summed E-state index contributed by atoms with van der Waals surface area (Å²) >= 11 is 0. The minimum Gasteiger partial charge on any atom is -0.378 e.